The molecule has 0 saturated carbocycles. The van der Waals surface area contributed by atoms with Crippen LogP contribution in [0, 0.1) is 0 Å². The van der Waals surface area contributed by atoms with Gasteiger partial charge in [-0.2, -0.15) is 0 Å². The van der Waals surface area contributed by atoms with Crippen molar-refractivity contribution in [1.29, 1.82) is 0 Å². The molecule has 10 unspecified atom stereocenters. The highest BCUT2D eigenvalue weighted by Gasteiger charge is 2.49. The van der Waals surface area contributed by atoms with Crippen LogP contribution in [0.5, 0.6) is 28.7 Å². The lowest BCUT2D eigenvalue weighted by atomic mass is 9.89. The Morgan fingerprint density at radius 1 is 0.776 bits per heavy atom. The van der Waals surface area contributed by atoms with Crippen molar-refractivity contribution in [2.24, 2.45) is 0 Å². The summed E-state index contributed by atoms with van der Waals surface area (Å²) in [5.41, 5.74) is -0.866. The predicted octanol–water partition coefficient (Wildman–Crippen LogP) is -3.41. The van der Waals surface area contributed by atoms with E-state index in [4.69, 9.17) is 23.4 Å². The number of fused-ring (bicyclic) bond motifs is 1. The number of carboxylic acid groups (broad SMARTS) is 1. The Kier molecular flexibility index (Phi) is 10.3. The van der Waals surface area contributed by atoms with E-state index < -0.39 is 127 Å². The molecule has 0 amide bonds. The van der Waals surface area contributed by atoms with Gasteiger partial charge in [0.15, 0.2) is 11.5 Å². The standard InChI is InChI=1S/C30H32O19/c31-7-16-21(39)23(41)25(43)29(46-16)20-14(35)5-12(33)10-4-15(27(49-28(10)20)9-1-2-11(32)13(34)3-9)47-30-26(44)24(42)22(40)17(48-30)8-45-19(38)6-18(36)37/h1-5,16-17,21-26,29-31,39-44H,6-8H2,(H4-,32,33,34,35,36,37). The third-order valence-corrected chi connectivity index (χ3v) is 8.04. The maximum Gasteiger partial charge on any atom is 0.402 e. The topological polar surface area (TPSA) is 328 Å². The Labute approximate surface area is 274 Å². The highest BCUT2D eigenvalue weighted by atomic mass is 16.7. The summed E-state index contributed by atoms with van der Waals surface area (Å²) in [5.74, 6) is -6.40. The molecule has 2 aliphatic rings. The molecule has 49 heavy (non-hydrogen) atoms. The minimum atomic E-state index is -2.00. The Morgan fingerprint density at radius 2 is 1.45 bits per heavy atom. The fourth-order valence-corrected chi connectivity index (χ4v) is 5.45. The number of carbonyl (C=O) groups excluding carboxylic acids is 2. The van der Waals surface area contributed by atoms with Gasteiger partial charge in [0.1, 0.15) is 84.0 Å². The number of esters is 1. The second-order valence-corrected chi connectivity index (χ2v) is 11.3. The maximum absolute atomic E-state index is 11.7. The quantitative estimate of drug-likeness (QED) is 0.0449. The lowest BCUT2D eigenvalue weighted by Gasteiger charge is -2.40. The molecule has 5 rings (SSSR count). The number of phenols is 4. The minimum absolute atomic E-state index is 0.0616. The normalized spacial score (nSPS) is 30.2. The molecule has 1 aromatic heterocycles. The van der Waals surface area contributed by atoms with Crippen molar-refractivity contribution in [3.8, 4) is 40.1 Å². The monoisotopic (exact) mass is 696 g/mol. The summed E-state index contributed by atoms with van der Waals surface area (Å²) in [4.78, 5) is 22.4. The van der Waals surface area contributed by atoms with E-state index in [0.717, 1.165) is 24.3 Å². The van der Waals surface area contributed by atoms with Crippen LogP contribution < -0.4 is 9.84 Å². The van der Waals surface area contributed by atoms with Gasteiger partial charge in [0, 0.05) is 18.2 Å². The van der Waals surface area contributed by atoms with Gasteiger partial charge >= 0.3 is 17.3 Å². The SMILES string of the molecule is O=C([O-])CC(=O)OCC1OC(Oc2cc3c(O)cc(O)c(C4OC(CO)C(O)C(O)C4O)c3[o+]c2-c2ccc(O)c(O)c2)C(O)C(O)C1O. The van der Waals surface area contributed by atoms with Crippen LogP contribution >= 0.6 is 0 Å². The zero-order chi connectivity index (χ0) is 35.9. The van der Waals surface area contributed by atoms with Crippen molar-refractivity contribution in [3.05, 3.63) is 35.9 Å². The number of aliphatic hydroxyl groups excluding tert-OH is 7. The third kappa shape index (κ3) is 6.97. The van der Waals surface area contributed by atoms with Crippen molar-refractivity contribution in [2.45, 2.75) is 67.6 Å². The highest BCUT2D eigenvalue weighted by molar-refractivity contribution is 5.92. The number of hydrogen-bond acceptors (Lipinski definition) is 18. The van der Waals surface area contributed by atoms with Crippen LogP contribution in [0.1, 0.15) is 18.1 Å². The fraction of sp³-hybridized carbons (Fsp3) is 0.433. The second kappa shape index (κ2) is 14.1. The van der Waals surface area contributed by atoms with Gasteiger partial charge in [0.25, 0.3) is 0 Å². The van der Waals surface area contributed by atoms with Gasteiger partial charge < -0.3 is 85.0 Å². The number of benzene rings is 2. The molecule has 0 radical (unpaired) electrons. The first-order valence-corrected chi connectivity index (χ1v) is 14.5. The fourth-order valence-electron chi connectivity index (χ4n) is 5.45. The molecule has 2 aliphatic heterocycles. The summed E-state index contributed by atoms with van der Waals surface area (Å²) in [6.45, 7) is -1.62. The van der Waals surface area contributed by atoms with Crippen molar-refractivity contribution in [2.75, 3.05) is 13.2 Å². The lowest BCUT2D eigenvalue weighted by molar-refractivity contribution is -0.305. The van der Waals surface area contributed by atoms with Gasteiger partial charge in [0.05, 0.1) is 24.6 Å². The van der Waals surface area contributed by atoms with Crippen molar-refractivity contribution < 1.29 is 94.2 Å². The molecule has 0 spiro atoms. The first kappa shape index (κ1) is 35.7. The number of phenolic OH excluding ortho intramolecular Hbond substituents is 4. The first-order chi connectivity index (χ1) is 23.1. The molecular weight excluding hydrogens is 664 g/mol. The van der Waals surface area contributed by atoms with Crippen LogP contribution in [0.2, 0.25) is 0 Å². The molecule has 10 atom stereocenters. The van der Waals surface area contributed by atoms with E-state index >= 15 is 0 Å². The average molecular weight is 697 g/mol. The van der Waals surface area contributed by atoms with E-state index in [9.17, 15) is 70.9 Å². The van der Waals surface area contributed by atoms with Gasteiger partial charge in [0.2, 0.25) is 12.0 Å². The molecule has 11 N–H and O–H groups in total. The molecule has 3 heterocycles. The second-order valence-electron chi connectivity index (χ2n) is 11.3. The molecule has 0 aliphatic carbocycles. The molecule has 266 valence electrons. The summed E-state index contributed by atoms with van der Waals surface area (Å²) in [6, 6.07) is 5.16. The molecule has 19 heteroatoms. The Hall–Kier alpha value is -4.57. The van der Waals surface area contributed by atoms with Crippen molar-refractivity contribution in [3.63, 3.8) is 0 Å². The van der Waals surface area contributed by atoms with E-state index in [1.807, 2.05) is 0 Å². The van der Waals surface area contributed by atoms with Gasteiger partial charge in [-0.3, -0.25) is 4.79 Å². The van der Waals surface area contributed by atoms with Crippen LogP contribution in [-0.2, 0) is 23.8 Å². The van der Waals surface area contributed by atoms with Crippen LogP contribution in [0.4, 0.5) is 0 Å². The average Bonchev–Trinajstić information content (AvgIpc) is 3.05. The van der Waals surface area contributed by atoms with Gasteiger partial charge in [-0.25, -0.2) is 4.42 Å². The van der Waals surface area contributed by atoms with Crippen molar-refractivity contribution >= 4 is 22.9 Å². The first-order valence-electron chi connectivity index (χ1n) is 14.5. The summed E-state index contributed by atoms with van der Waals surface area (Å²) in [7, 11) is 0. The Morgan fingerprint density at radius 3 is 2.10 bits per heavy atom. The van der Waals surface area contributed by atoms with Crippen molar-refractivity contribution in [1.82, 2.24) is 0 Å². The smallest absolute Gasteiger partial charge is 0.402 e. The third-order valence-electron chi connectivity index (χ3n) is 8.04. The largest absolute Gasteiger partial charge is 0.550 e. The molecule has 19 nitrogen and oxygen atoms in total. The molecule has 2 saturated heterocycles. The summed E-state index contributed by atoms with van der Waals surface area (Å²) in [6.07, 6.45) is -19.1. The lowest BCUT2D eigenvalue weighted by Crippen LogP contribution is -2.60. The van der Waals surface area contributed by atoms with E-state index in [0.29, 0.717) is 0 Å². The van der Waals surface area contributed by atoms with Gasteiger partial charge in [-0.05, 0) is 12.1 Å². The van der Waals surface area contributed by atoms with Crippen LogP contribution in [0.3, 0.4) is 0 Å². The number of ether oxygens (including phenoxy) is 4. The number of aliphatic carboxylic acids is 1. The predicted molar refractivity (Wildman–Crippen MR) is 153 cm³/mol. The number of aliphatic hydroxyl groups is 7. The maximum atomic E-state index is 11.7. The molecule has 3 aromatic rings. The Bertz CT molecular complexity index is 1710. The zero-order valence-electron chi connectivity index (χ0n) is 25.0. The summed E-state index contributed by atoms with van der Waals surface area (Å²) < 4.78 is 27.8. The minimum Gasteiger partial charge on any atom is -0.550 e. The van der Waals surface area contributed by atoms with Crippen LogP contribution in [-0.4, -0.2) is 136 Å². The van der Waals surface area contributed by atoms with Crippen LogP contribution in [0.15, 0.2) is 34.7 Å². The molecular formula is C30H32O19. The summed E-state index contributed by atoms with van der Waals surface area (Å²) >= 11 is 0. The summed E-state index contributed by atoms with van der Waals surface area (Å²) in [5, 5.41) is 125. The van der Waals surface area contributed by atoms with E-state index in [2.05, 4.69) is 0 Å². The number of hydrogen-bond donors (Lipinski definition) is 11. The van der Waals surface area contributed by atoms with E-state index in [1.165, 1.54) is 6.07 Å². The number of carboxylic acids is 1. The molecule has 2 aromatic carbocycles. The highest BCUT2D eigenvalue weighted by Crippen LogP contribution is 2.48. The zero-order valence-corrected chi connectivity index (χ0v) is 25.0. The number of carbonyl (C=O) groups is 2. The van der Waals surface area contributed by atoms with Gasteiger partial charge in [-0.1, -0.05) is 0 Å². The number of aromatic hydroxyl groups is 4. The number of rotatable bonds is 9. The Balaban J connectivity index is 1.61. The van der Waals surface area contributed by atoms with Crippen LogP contribution in [0.25, 0.3) is 22.3 Å². The van der Waals surface area contributed by atoms with E-state index in [-0.39, 0.29) is 22.3 Å². The molecule has 0 bridgehead atoms. The van der Waals surface area contributed by atoms with E-state index in [1.54, 1.807) is 0 Å². The van der Waals surface area contributed by atoms with Gasteiger partial charge in [-0.15, -0.1) is 0 Å². The molecule has 2 fully saturated rings.